The maximum absolute atomic E-state index is 11.6. The average molecular weight is 328 g/mol. The van der Waals surface area contributed by atoms with Crippen molar-refractivity contribution in [2.24, 2.45) is 5.10 Å². The first kappa shape index (κ1) is 16.9. The van der Waals surface area contributed by atoms with Crippen molar-refractivity contribution in [1.29, 1.82) is 0 Å². The number of para-hydroxylation sites is 1. The van der Waals surface area contributed by atoms with Crippen molar-refractivity contribution in [2.75, 3.05) is 7.11 Å². The Morgan fingerprint density at radius 3 is 2.71 bits per heavy atom. The number of phenols is 1. The number of rotatable bonds is 5. The van der Waals surface area contributed by atoms with Gasteiger partial charge in [0.05, 0.1) is 13.3 Å². The van der Waals surface area contributed by atoms with Crippen molar-refractivity contribution in [2.45, 2.75) is 6.54 Å². The molecular weight excluding hydrogens is 312 g/mol. The van der Waals surface area contributed by atoms with E-state index in [2.05, 4.69) is 20.8 Å². The molecule has 124 valence electrons. The van der Waals surface area contributed by atoms with Gasteiger partial charge in [0.2, 0.25) is 0 Å². The molecule has 8 nitrogen and oxygen atoms in total. The smallest absolute Gasteiger partial charge is 0.329 e. The Kier molecular flexibility index (Phi) is 5.84. The second-order valence-corrected chi connectivity index (χ2v) is 4.64. The van der Waals surface area contributed by atoms with E-state index in [0.29, 0.717) is 5.56 Å². The Balaban J connectivity index is 1.87. The molecule has 8 heteroatoms. The number of aromatic nitrogens is 1. The summed E-state index contributed by atoms with van der Waals surface area (Å²) in [6, 6.07) is 8.27. The summed E-state index contributed by atoms with van der Waals surface area (Å²) < 4.78 is 4.96. The molecule has 0 unspecified atom stereocenters. The van der Waals surface area contributed by atoms with E-state index >= 15 is 0 Å². The van der Waals surface area contributed by atoms with E-state index in [4.69, 9.17) is 4.74 Å². The first-order valence-electron chi connectivity index (χ1n) is 6.98. The molecule has 1 heterocycles. The number of ether oxygens (including phenoxy) is 1. The molecule has 0 saturated carbocycles. The first-order valence-corrected chi connectivity index (χ1v) is 6.98. The van der Waals surface area contributed by atoms with Crippen LogP contribution in [0.5, 0.6) is 11.5 Å². The fourth-order valence-electron chi connectivity index (χ4n) is 1.78. The minimum absolute atomic E-state index is 0.111. The maximum Gasteiger partial charge on any atom is 0.329 e. The lowest BCUT2D eigenvalue weighted by Gasteiger charge is -2.05. The van der Waals surface area contributed by atoms with E-state index in [-0.39, 0.29) is 18.0 Å². The number of methoxy groups -OCH3 is 1. The number of pyridine rings is 1. The molecular formula is C16H16N4O4. The lowest BCUT2D eigenvalue weighted by molar-refractivity contribution is -0.139. The average Bonchev–Trinajstić information content (AvgIpc) is 2.61. The zero-order valence-electron chi connectivity index (χ0n) is 12.9. The molecule has 2 aromatic rings. The van der Waals surface area contributed by atoms with Crippen molar-refractivity contribution in [3.8, 4) is 11.5 Å². The maximum atomic E-state index is 11.6. The zero-order valence-corrected chi connectivity index (χ0v) is 12.9. The lowest BCUT2D eigenvalue weighted by Crippen LogP contribution is -2.37. The van der Waals surface area contributed by atoms with Crippen molar-refractivity contribution >= 4 is 18.0 Å². The molecule has 0 atom stereocenters. The zero-order chi connectivity index (χ0) is 17.4. The molecule has 0 saturated heterocycles. The summed E-state index contributed by atoms with van der Waals surface area (Å²) in [4.78, 5) is 27.1. The van der Waals surface area contributed by atoms with Gasteiger partial charge < -0.3 is 15.2 Å². The van der Waals surface area contributed by atoms with Crippen LogP contribution >= 0.6 is 0 Å². The highest BCUT2D eigenvalue weighted by atomic mass is 16.5. The number of nitrogens with one attached hydrogen (secondary N) is 2. The Hall–Kier alpha value is -3.42. The summed E-state index contributed by atoms with van der Waals surface area (Å²) in [6.07, 6.45) is 4.39. The van der Waals surface area contributed by atoms with Gasteiger partial charge in [-0.15, -0.1) is 0 Å². The van der Waals surface area contributed by atoms with Crippen LogP contribution in [-0.4, -0.2) is 35.2 Å². The third-order valence-electron chi connectivity index (χ3n) is 3.03. The number of nitrogens with zero attached hydrogens (tertiary/aromatic N) is 2. The fourth-order valence-corrected chi connectivity index (χ4v) is 1.78. The molecule has 0 bridgehead atoms. The molecule has 3 N–H and O–H groups in total. The summed E-state index contributed by atoms with van der Waals surface area (Å²) in [5, 5.41) is 16.0. The van der Waals surface area contributed by atoms with E-state index in [9.17, 15) is 14.7 Å². The van der Waals surface area contributed by atoms with Crippen LogP contribution in [0.15, 0.2) is 47.8 Å². The van der Waals surface area contributed by atoms with Crippen LogP contribution in [0.3, 0.4) is 0 Å². The normalized spacial score (nSPS) is 10.4. The molecule has 0 radical (unpaired) electrons. The topological polar surface area (TPSA) is 113 Å². The van der Waals surface area contributed by atoms with E-state index < -0.39 is 11.8 Å². The third-order valence-corrected chi connectivity index (χ3v) is 3.03. The predicted molar refractivity (Wildman–Crippen MR) is 86.5 cm³/mol. The van der Waals surface area contributed by atoms with Crippen LogP contribution in [0.4, 0.5) is 0 Å². The summed E-state index contributed by atoms with van der Waals surface area (Å²) in [6.45, 7) is 0.204. The number of amides is 2. The molecule has 1 aromatic heterocycles. The van der Waals surface area contributed by atoms with Gasteiger partial charge in [0.25, 0.3) is 0 Å². The van der Waals surface area contributed by atoms with Gasteiger partial charge in [-0.3, -0.25) is 14.6 Å². The Morgan fingerprint density at radius 2 is 2.00 bits per heavy atom. The first-order chi connectivity index (χ1) is 11.6. The molecule has 2 rings (SSSR count). The molecule has 0 aliphatic rings. The summed E-state index contributed by atoms with van der Waals surface area (Å²) in [7, 11) is 1.42. The van der Waals surface area contributed by atoms with Crippen molar-refractivity contribution in [3.05, 3.63) is 53.9 Å². The van der Waals surface area contributed by atoms with Crippen molar-refractivity contribution in [1.82, 2.24) is 15.7 Å². The molecule has 2 amide bonds. The van der Waals surface area contributed by atoms with Gasteiger partial charge in [0.1, 0.15) is 0 Å². The molecule has 0 fully saturated rings. The number of benzene rings is 1. The molecule has 1 aromatic carbocycles. The van der Waals surface area contributed by atoms with Gasteiger partial charge >= 0.3 is 11.8 Å². The number of aromatic hydroxyl groups is 1. The van der Waals surface area contributed by atoms with Crippen molar-refractivity contribution in [3.63, 3.8) is 0 Å². The number of hydrazone groups is 1. The number of carbonyl (C=O) groups excluding carboxylic acids is 2. The van der Waals surface area contributed by atoms with Crippen LogP contribution in [0.2, 0.25) is 0 Å². The monoisotopic (exact) mass is 328 g/mol. The summed E-state index contributed by atoms with van der Waals surface area (Å²) in [5.74, 6) is -1.57. The minimum Gasteiger partial charge on any atom is -0.504 e. The highest BCUT2D eigenvalue weighted by Gasteiger charge is 2.12. The van der Waals surface area contributed by atoms with E-state index in [0.717, 1.165) is 5.56 Å². The molecule has 0 aliphatic carbocycles. The lowest BCUT2D eigenvalue weighted by atomic mass is 10.2. The number of carbonyl (C=O) groups is 2. The number of hydrogen-bond donors (Lipinski definition) is 3. The summed E-state index contributed by atoms with van der Waals surface area (Å²) >= 11 is 0. The molecule has 24 heavy (non-hydrogen) atoms. The quantitative estimate of drug-likeness (QED) is 0.422. The third kappa shape index (κ3) is 4.54. The minimum atomic E-state index is -0.914. The second-order valence-electron chi connectivity index (χ2n) is 4.64. The van der Waals surface area contributed by atoms with Gasteiger partial charge in [-0.05, 0) is 29.8 Å². The van der Waals surface area contributed by atoms with Gasteiger partial charge in [-0.25, -0.2) is 5.43 Å². The van der Waals surface area contributed by atoms with Gasteiger partial charge in [0, 0.05) is 24.5 Å². The van der Waals surface area contributed by atoms with Gasteiger partial charge in [-0.1, -0.05) is 6.07 Å². The Morgan fingerprint density at radius 1 is 1.25 bits per heavy atom. The second kappa shape index (κ2) is 8.28. The van der Waals surface area contributed by atoms with E-state index in [1.807, 2.05) is 0 Å². The summed E-state index contributed by atoms with van der Waals surface area (Å²) in [5.41, 5.74) is 3.24. The van der Waals surface area contributed by atoms with Crippen LogP contribution in [0.1, 0.15) is 11.1 Å². The van der Waals surface area contributed by atoms with Crippen LogP contribution in [0.25, 0.3) is 0 Å². The SMILES string of the molecule is COc1cccc(/C=N\NC(=O)C(=O)NCc2ccncc2)c1O. The van der Waals surface area contributed by atoms with Crippen LogP contribution in [0, 0.1) is 0 Å². The standard InChI is InChI=1S/C16H16N4O4/c1-24-13-4-2-3-12(14(13)21)10-19-20-16(23)15(22)18-9-11-5-7-17-8-6-11/h2-8,10,21H,9H2,1H3,(H,18,22)(H,20,23)/b19-10-. The Labute approximate surface area is 138 Å². The highest BCUT2D eigenvalue weighted by Crippen LogP contribution is 2.27. The van der Waals surface area contributed by atoms with E-state index in [1.165, 1.54) is 13.3 Å². The van der Waals surface area contributed by atoms with E-state index in [1.54, 1.807) is 42.7 Å². The van der Waals surface area contributed by atoms with Gasteiger partial charge in [-0.2, -0.15) is 5.10 Å². The predicted octanol–water partition coefficient (Wildman–Crippen LogP) is 0.562. The highest BCUT2D eigenvalue weighted by molar-refractivity contribution is 6.35. The van der Waals surface area contributed by atoms with Crippen molar-refractivity contribution < 1.29 is 19.4 Å². The van der Waals surface area contributed by atoms with Crippen LogP contribution in [-0.2, 0) is 16.1 Å². The Bertz CT molecular complexity index is 747. The number of hydrogen-bond acceptors (Lipinski definition) is 6. The fraction of sp³-hybridized carbons (Fsp3) is 0.125. The number of phenolic OH excluding ortho intramolecular Hbond substituents is 1. The largest absolute Gasteiger partial charge is 0.504 e. The van der Waals surface area contributed by atoms with Gasteiger partial charge in [0.15, 0.2) is 11.5 Å². The molecule has 0 spiro atoms. The molecule has 0 aliphatic heterocycles. The van der Waals surface area contributed by atoms with Crippen LogP contribution < -0.4 is 15.5 Å².